The lowest BCUT2D eigenvalue weighted by Crippen LogP contribution is -2.05. The number of methoxy groups -OCH3 is 1. The summed E-state index contributed by atoms with van der Waals surface area (Å²) < 4.78 is 13.3. The van der Waals surface area contributed by atoms with Crippen molar-refractivity contribution in [2.75, 3.05) is 13.7 Å². The molecule has 2 heterocycles. The lowest BCUT2D eigenvalue weighted by Gasteiger charge is -2.09. The fourth-order valence-electron chi connectivity index (χ4n) is 3.03. The van der Waals surface area contributed by atoms with Crippen LogP contribution in [0.2, 0.25) is 0 Å². The molecule has 4 aromatic rings. The van der Waals surface area contributed by atoms with Crippen molar-refractivity contribution in [1.82, 2.24) is 14.5 Å². The predicted octanol–water partition coefficient (Wildman–Crippen LogP) is 4.95. The summed E-state index contributed by atoms with van der Waals surface area (Å²) in [5.74, 6) is 1.69. The van der Waals surface area contributed by atoms with Crippen molar-refractivity contribution in [3.8, 4) is 5.75 Å². The molecule has 0 bridgehead atoms. The normalized spacial score (nSPS) is 11.1. The molecule has 0 unspecified atom stereocenters. The smallest absolute Gasteiger partial charge is 0.169 e. The Kier molecular flexibility index (Phi) is 6.44. The fraction of sp³-hybridized carbons (Fsp3) is 0.217. The molecule has 5 nitrogen and oxygen atoms in total. The molecule has 0 radical (unpaired) electrons. The van der Waals surface area contributed by atoms with Crippen molar-refractivity contribution in [2.45, 2.75) is 24.1 Å². The molecule has 0 aliphatic carbocycles. The van der Waals surface area contributed by atoms with Crippen LogP contribution < -0.4 is 4.74 Å². The Balaban J connectivity index is 1.40. The SMILES string of the molecule is COCCn1c(SCc2ccc(OCc3ccccn3)cc2)nc2ccccc21. The van der Waals surface area contributed by atoms with Crippen LogP contribution in [0, 0.1) is 0 Å². The highest BCUT2D eigenvalue weighted by molar-refractivity contribution is 7.98. The van der Waals surface area contributed by atoms with E-state index in [1.807, 2.05) is 42.5 Å². The number of hydrogen-bond donors (Lipinski definition) is 0. The summed E-state index contributed by atoms with van der Waals surface area (Å²) in [6, 6.07) is 22.3. The summed E-state index contributed by atoms with van der Waals surface area (Å²) in [5, 5.41) is 1.01. The fourth-order valence-corrected chi connectivity index (χ4v) is 4.03. The van der Waals surface area contributed by atoms with Gasteiger partial charge in [0.15, 0.2) is 5.16 Å². The molecule has 0 saturated heterocycles. The second kappa shape index (κ2) is 9.58. The van der Waals surface area contributed by atoms with Crippen molar-refractivity contribution in [3.05, 3.63) is 84.2 Å². The van der Waals surface area contributed by atoms with Crippen LogP contribution in [0.1, 0.15) is 11.3 Å². The highest BCUT2D eigenvalue weighted by Gasteiger charge is 2.11. The van der Waals surface area contributed by atoms with Gasteiger partial charge in [0.25, 0.3) is 0 Å². The van der Waals surface area contributed by atoms with Crippen molar-refractivity contribution < 1.29 is 9.47 Å². The number of pyridine rings is 1. The maximum atomic E-state index is 5.81. The first-order chi connectivity index (χ1) is 14.3. The summed E-state index contributed by atoms with van der Waals surface area (Å²) in [6.45, 7) is 1.92. The summed E-state index contributed by atoms with van der Waals surface area (Å²) >= 11 is 1.74. The molecule has 6 heteroatoms. The minimum absolute atomic E-state index is 0.471. The maximum absolute atomic E-state index is 5.81. The Morgan fingerprint density at radius 2 is 1.79 bits per heavy atom. The van der Waals surface area contributed by atoms with Crippen LogP contribution in [0.3, 0.4) is 0 Å². The first kappa shape index (κ1) is 19.5. The number of rotatable bonds is 9. The molecule has 29 heavy (non-hydrogen) atoms. The number of para-hydroxylation sites is 2. The van der Waals surface area contributed by atoms with Crippen LogP contribution in [0.4, 0.5) is 0 Å². The number of nitrogens with zero attached hydrogens (tertiary/aromatic N) is 3. The first-order valence-electron chi connectivity index (χ1n) is 9.52. The van der Waals surface area contributed by atoms with Gasteiger partial charge in [-0.25, -0.2) is 4.98 Å². The zero-order valence-corrected chi connectivity index (χ0v) is 17.1. The van der Waals surface area contributed by atoms with Gasteiger partial charge in [0, 0.05) is 25.6 Å². The lowest BCUT2D eigenvalue weighted by atomic mass is 10.2. The number of ether oxygens (including phenoxy) is 2. The number of imidazole rings is 1. The van der Waals surface area contributed by atoms with Gasteiger partial charge in [0.05, 0.1) is 23.3 Å². The van der Waals surface area contributed by atoms with Gasteiger partial charge in [-0.05, 0) is 42.0 Å². The van der Waals surface area contributed by atoms with E-state index in [2.05, 4.69) is 33.8 Å². The third-order valence-electron chi connectivity index (χ3n) is 4.54. The first-order valence-corrected chi connectivity index (χ1v) is 10.5. The summed E-state index contributed by atoms with van der Waals surface area (Å²) in [5.41, 5.74) is 4.31. The van der Waals surface area contributed by atoms with Crippen molar-refractivity contribution >= 4 is 22.8 Å². The number of hydrogen-bond acceptors (Lipinski definition) is 5. The van der Waals surface area contributed by atoms with E-state index in [0.29, 0.717) is 13.2 Å². The molecule has 0 aliphatic heterocycles. The molecular formula is C23H23N3O2S. The minimum Gasteiger partial charge on any atom is -0.487 e. The minimum atomic E-state index is 0.471. The molecule has 2 aromatic heterocycles. The van der Waals surface area contributed by atoms with Gasteiger partial charge in [0.1, 0.15) is 12.4 Å². The zero-order valence-electron chi connectivity index (χ0n) is 16.3. The molecule has 0 aliphatic rings. The second-order valence-corrected chi connectivity index (χ2v) is 7.51. The van der Waals surface area contributed by atoms with Crippen molar-refractivity contribution in [3.63, 3.8) is 0 Å². The average molecular weight is 406 g/mol. The van der Waals surface area contributed by atoms with Gasteiger partial charge in [0.2, 0.25) is 0 Å². The molecule has 0 amide bonds. The van der Waals surface area contributed by atoms with E-state index < -0.39 is 0 Å². The molecule has 2 aromatic carbocycles. The van der Waals surface area contributed by atoms with E-state index in [-0.39, 0.29) is 0 Å². The van der Waals surface area contributed by atoms with Gasteiger partial charge >= 0.3 is 0 Å². The van der Waals surface area contributed by atoms with E-state index in [9.17, 15) is 0 Å². The number of benzene rings is 2. The van der Waals surface area contributed by atoms with Crippen molar-refractivity contribution in [1.29, 1.82) is 0 Å². The topological polar surface area (TPSA) is 49.2 Å². The Bertz CT molecular complexity index is 1050. The van der Waals surface area contributed by atoms with Gasteiger partial charge in [-0.1, -0.05) is 42.1 Å². The highest BCUT2D eigenvalue weighted by Crippen LogP contribution is 2.27. The molecule has 0 spiro atoms. The number of thioether (sulfide) groups is 1. The third kappa shape index (κ3) is 4.96. The monoisotopic (exact) mass is 405 g/mol. The van der Waals surface area contributed by atoms with Gasteiger partial charge < -0.3 is 14.0 Å². The van der Waals surface area contributed by atoms with Crippen molar-refractivity contribution in [2.24, 2.45) is 0 Å². The number of aromatic nitrogens is 3. The Morgan fingerprint density at radius 1 is 0.966 bits per heavy atom. The molecular weight excluding hydrogens is 382 g/mol. The van der Waals surface area contributed by atoms with Crippen LogP contribution in [0.25, 0.3) is 11.0 Å². The Labute approximate surface area is 174 Å². The van der Waals surface area contributed by atoms with Gasteiger partial charge in [-0.3, -0.25) is 4.98 Å². The van der Waals surface area contributed by atoms with E-state index in [1.54, 1.807) is 25.1 Å². The van der Waals surface area contributed by atoms with E-state index in [0.717, 1.165) is 39.9 Å². The highest BCUT2D eigenvalue weighted by atomic mass is 32.2. The zero-order chi connectivity index (χ0) is 19.9. The standard InChI is InChI=1S/C23H23N3O2S/c1-27-15-14-26-22-8-3-2-7-21(22)25-23(26)29-17-18-9-11-20(12-10-18)28-16-19-6-4-5-13-24-19/h2-13H,14-17H2,1H3. The quantitative estimate of drug-likeness (QED) is 0.369. The van der Waals surface area contributed by atoms with Crippen LogP contribution in [0.5, 0.6) is 5.75 Å². The van der Waals surface area contributed by atoms with Gasteiger partial charge in [-0.2, -0.15) is 0 Å². The Hall–Kier alpha value is -2.83. The molecule has 0 fully saturated rings. The maximum Gasteiger partial charge on any atom is 0.169 e. The molecule has 148 valence electrons. The predicted molar refractivity (Wildman–Crippen MR) is 116 cm³/mol. The van der Waals surface area contributed by atoms with E-state index in [4.69, 9.17) is 14.5 Å². The molecule has 0 N–H and O–H groups in total. The van der Waals surface area contributed by atoms with Crippen LogP contribution in [-0.4, -0.2) is 28.3 Å². The van der Waals surface area contributed by atoms with Gasteiger partial charge in [-0.15, -0.1) is 0 Å². The second-order valence-electron chi connectivity index (χ2n) is 6.57. The molecule has 0 atom stereocenters. The van der Waals surface area contributed by atoms with Crippen LogP contribution in [0.15, 0.2) is 78.1 Å². The van der Waals surface area contributed by atoms with Crippen LogP contribution in [-0.2, 0) is 23.6 Å². The summed E-state index contributed by atoms with van der Waals surface area (Å²) in [4.78, 5) is 9.08. The molecule has 0 saturated carbocycles. The van der Waals surface area contributed by atoms with Crippen LogP contribution >= 0.6 is 11.8 Å². The van der Waals surface area contributed by atoms with E-state index in [1.165, 1.54) is 5.56 Å². The molecule has 4 rings (SSSR count). The number of fused-ring (bicyclic) bond motifs is 1. The largest absolute Gasteiger partial charge is 0.487 e. The summed E-state index contributed by atoms with van der Waals surface area (Å²) in [7, 11) is 1.73. The summed E-state index contributed by atoms with van der Waals surface area (Å²) in [6.07, 6.45) is 1.78. The Morgan fingerprint density at radius 3 is 2.59 bits per heavy atom. The lowest BCUT2D eigenvalue weighted by molar-refractivity contribution is 0.186. The average Bonchev–Trinajstić information content (AvgIpc) is 3.13. The third-order valence-corrected chi connectivity index (χ3v) is 5.59. The van der Waals surface area contributed by atoms with E-state index >= 15 is 0 Å².